The van der Waals surface area contributed by atoms with E-state index < -0.39 is 23.8 Å². The summed E-state index contributed by atoms with van der Waals surface area (Å²) < 4.78 is 41.0. The maximum atomic E-state index is 14.7. The first-order valence-corrected chi connectivity index (χ1v) is 14.2. The number of halogens is 4. The highest BCUT2D eigenvalue weighted by Gasteiger charge is 2.29. The minimum absolute atomic E-state index is 0.0829. The fraction of sp³-hybridized carbons (Fsp3) is 0.621. The van der Waals surface area contributed by atoms with E-state index in [-0.39, 0.29) is 16.8 Å². The summed E-state index contributed by atoms with van der Waals surface area (Å²) in [5, 5.41) is 6.73. The fourth-order valence-corrected chi connectivity index (χ4v) is 6.16. The first-order chi connectivity index (χ1) is 18.2. The number of nitrogens with one attached hydrogen (secondary N) is 2. The smallest absolute Gasteiger partial charge is 0.266 e. The Morgan fingerprint density at radius 3 is 2.71 bits per heavy atom. The van der Waals surface area contributed by atoms with Gasteiger partial charge in [-0.25, -0.2) is 23.1 Å². The number of carbonyl (C=O) groups excluding carboxylic acids is 1. The normalized spacial score (nSPS) is 21.4. The highest BCUT2D eigenvalue weighted by atomic mass is 35.5. The fourth-order valence-electron chi connectivity index (χ4n) is 5.97. The molecule has 0 spiro atoms. The average molecular weight is 551 g/mol. The lowest BCUT2D eigenvalue weighted by molar-refractivity contribution is -0.120. The van der Waals surface area contributed by atoms with Crippen molar-refractivity contribution in [3.63, 3.8) is 0 Å². The summed E-state index contributed by atoms with van der Waals surface area (Å²) in [5.74, 6) is 1.14. The van der Waals surface area contributed by atoms with E-state index in [9.17, 15) is 18.0 Å². The minimum atomic E-state index is -2.89. The van der Waals surface area contributed by atoms with Crippen LogP contribution in [0, 0.1) is 23.6 Å². The Balaban J connectivity index is 1.35. The summed E-state index contributed by atoms with van der Waals surface area (Å²) >= 11 is 6.19. The molecule has 38 heavy (non-hydrogen) atoms. The molecule has 1 aliphatic carbocycles. The van der Waals surface area contributed by atoms with Crippen molar-refractivity contribution in [2.45, 2.75) is 84.1 Å². The van der Waals surface area contributed by atoms with Crippen molar-refractivity contribution in [1.29, 1.82) is 0 Å². The third-order valence-electron chi connectivity index (χ3n) is 8.21. The summed E-state index contributed by atoms with van der Waals surface area (Å²) in [6.07, 6.45) is 5.22. The molecule has 1 fully saturated rings. The largest absolute Gasteiger partial charge is 0.363 e. The standard InChI is InChI=1S/C29H38ClF3N4O/c1-17(20-6-3-4-12-34-13-11-20)14-21(38)10-9-19-15-24-25(16-19)36-29(30)37-28(24)35-18(2)22-7-5-8-23(26(22)31)27(32)33/h5,7-8,17-20,27,34H,3-4,6,9-16H2,1-2H3,(H,35,36,37)/t17?,18-,19?,20?/m1/s1. The van der Waals surface area contributed by atoms with Gasteiger partial charge in [-0.15, -0.1) is 0 Å². The monoisotopic (exact) mass is 550 g/mol. The van der Waals surface area contributed by atoms with Crippen LogP contribution in [0.25, 0.3) is 0 Å². The molecule has 1 aromatic carbocycles. The van der Waals surface area contributed by atoms with Crippen LogP contribution in [0.3, 0.4) is 0 Å². The molecule has 1 saturated heterocycles. The second kappa shape index (κ2) is 13.2. The van der Waals surface area contributed by atoms with Crippen LogP contribution in [0.4, 0.5) is 19.0 Å². The van der Waals surface area contributed by atoms with E-state index in [0.717, 1.165) is 43.3 Å². The van der Waals surface area contributed by atoms with Gasteiger partial charge in [0.05, 0.1) is 17.3 Å². The van der Waals surface area contributed by atoms with Gasteiger partial charge in [-0.1, -0.05) is 38.0 Å². The Morgan fingerprint density at radius 1 is 1.13 bits per heavy atom. The number of hydrogen-bond acceptors (Lipinski definition) is 5. The van der Waals surface area contributed by atoms with E-state index >= 15 is 0 Å². The van der Waals surface area contributed by atoms with E-state index in [1.165, 1.54) is 31.4 Å². The van der Waals surface area contributed by atoms with Gasteiger partial charge in [0.25, 0.3) is 6.43 Å². The Morgan fingerprint density at radius 2 is 1.92 bits per heavy atom. The molecule has 9 heteroatoms. The summed E-state index contributed by atoms with van der Waals surface area (Å²) in [7, 11) is 0. The third-order valence-corrected chi connectivity index (χ3v) is 8.38. The molecule has 2 N–H and O–H groups in total. The molecule has 2 aromatic rings. The van der Waals surface area contributed by atoms with Crippen molar-refractivity contribution in [3.8, 4) is 0 Å². The molecular formula is C29H38ClF3N4O. The first kappa shape index (κ1) is 28.8. The SMILES string of the molecule is CC(CC(=O)CCC1Cc2nc(Cl)nc(N[C@H](C)c3cccc(C(F)F)c3F)c2C1)C1CCCCNCC1. The van der Waals surface area contributed by atoms with Crippen molar-refractivity contribution >= 4 is 23.2 Å². The number of ketones is 1. The van der Waals surface area contributed by atoms with Gasteiger partial charge < -0.3 is 10.6 Å². The highest BCUT2D eigenvalue weighted by molar-refractivity contribution is 6.28. The van der Waals surface area contributed by atoms with E-state index in [2.05, 4.69) is 27.5 Å². The van der Waals surface area contributed by atoms with Crippen LogP contribution in [0.5, 0.6) is 0 Å². The topological polar surface area (TPSA) is 66.9 Å². The predicted octanol–water partition coefficient (Wildman–Crippen LogP) is 7.25. The van der Waals surface area contributed by atoms with Crippen molar-refractivity contribution in [3.05, 3.63) is 51.7 Å². The molecule has 2 aliphatic rings. The van der Waals surface area contributed by atoms with Gasteiger partial charge in [-0.2, -0.15) is 0 Å². The number of carbonyl (C=O) groups is 1. The number of fused-ring (bicyclic) bond motifs is 1. The van der Waals surface area contributed by atoms with Crippen LogP contribution in [-0.2, 0) is 17.6 Å². The molecule has 0 radical (unpaired) electrons. The van der Waals surface area contributed by atoms with Crippen molar-refractivity contribution < 1.29 is 18.0 Å². The van der Waals surface area contributed by atoms with Gasteiger partial charge in [0.2, 0.25) is 5.28 Å². The van der Waals surface area contributed by atoms with Crippen LogP contribution in [0.2, 0.25) is 5.28 Å². The van der Waals surface area contributed by atoms with Crippen LogP contribution >= 0.6 is 11.6 Å². The quantitative estimate of drug-likeness (QED) is 0.305. The molecule has 1 aromatic heterocycles. The van der Waals surface area contributed by atoms with E-state index in [1.54, 1.807) is 6.92 Å². The van der Waals surface area contributed by atoms with Crippen LogP contribution in [0.15, 0.2) is 18.2 Å². The number of nitrogens with zero attached hydrogens (tertiary/aromatic N) is 2. The van der Waals surface area contributed by atoms with Crippen LogP contribution < -0.4 is 10.6 Å². The van der Waals surface area contributed by atoms with Gasteiger partial charge >= 0.3 is 0 Å². The van der Waals surface area contributed by atoms with Gasteiger partial charge in [0.1, 0.15) is 17.4 Å². The number of anilines is 1. The molecule has 0 saturated carbocycles. The molecule has 208 valence electrons. The molecule has 4 rings (SSSR count). The van der Waals surface area contributed by atoms with Crippen LogP contribution in [-0.4, -0.2) is 28.8 Å². The number of hydrogen-bond donors (Lipinski definition) is 2. The second-order valence-electron chi connectivity index (χ2n) is 11.0. The van der Waals surface area contributed by atoms with Crippen molar-refractivity contribution in [2.24, 2.45) is 17.8 Å². The summed E-state index contributed by atoms with van der Waals surface area (Å²) in [6.45, 7) is 6.05. The van der Waals surface area contributed by atoms with Crippen LogP contribution in [0.1, 0.15) is 93.6 Å². The zero-order valence-corrected chi connectivity index (χ0v) is 23.0. The zero-order chi connectivity index (χ0) is 27.2. The maximum absolute atomic E-state index is 14.7. The lowest BCUT2D eigenvalue weighted by Crippen LogP contribution is -2.26. The molecule has 5 nitrogen and oxygen atoms in total. The van der Waals surface area contributed by atoms with Gasteiger partial charge in [-0.05, 0) is 81.5 Å². The average Bonchev–Trinajstić information content (AvgIpc) is 3.25. The lowest BCUT2D eigenvalue weighted by Gasteiger charge is -2.26. The van der Waals surface area contributed by atoms with Crippen molar-refractivity contribution in [1.82, 2.24) is 15.3 Å². The highest BCUT2D eigenvalue weighted by Crippen LogP contribution is 2.36. The molecule has 2 heterocycles. The van der Waals surface area contributed by atoms with Gasteiger partial charge in [0, 0.05) is 24.0 Å². The summed E-state index contributed by atoms with van der Waals surface area (Å²) in [5.41, 5.74) is 1.25. The predicted molar refractivity (Wildman–Crippen MR) is 144 cm³/mol. The minimum Gasteiger partial charge on any atom is -0.363 e. The summed E-state index contributed by atoms with van der Waals surface area (Å²) in [4.78, 5) is 21.6. The lowest BCUT2D eigenvalue weighted by atomic mass is 9.82. The Labute approximate surface area is 228 Å². The van der Waals surface area contributed by atoms with E-state index in [4.69, 9.17) is 11.6 Å². The second-order valence-corrected chi connectivity index (χ2v) is 11.3. The summed E-state index contributed by atoms with van der Waals surface area (Å²) in [6, 6.07) is 3.41. The number of aromatic nitrogens is 2. The molecule has 4 atom stereocenters. The molecule has 1 aliphatic heterocycles. The number of benzene rings is 1. The zero-order valence-electron chi connectivity index (χ0n) is 22.2. The van der Waals surface area contributed by atoms with Gasteiger partial charge in [-0.3, -0.25) is 4.79 Å². The Kier molecular flexibility index (Phi) is 10.0. The number of Topliss-reactive ketones (excluding diaryl/α,β-unsaturated/α-hetero) is 1. The Hall–Kier alpha value is -2.19. The maximum Gasteiger partial charge on any atom is 0.266 e. The molecule has 0 bridgehead atoms. The molecule has 0 amide bonds. The molecular weight excluding hydrogens is 513 g/mol. The van der Waals surface area contributed by atoms with E-state index in [1.807, 2.05) is 0 Å². The number of alkyl halides is 2. The number of rotatable bonds is 10. The first-order valence-electron chi connectivity index (χ1n) is 13.8. The molecule has 3 unspecified atom stereocenters. The van der Waals surface area contributed by atoms with Gasteiger partial charge in [0.15, 0.2) is 0 Å². The third kappa shape index (κ3) is 7.26. The Bertz CT molecular complexity index is 1110. The van der Waals surface area contributed by atoms with E-state index in [0.29, 0.717) is 49.1 Å². The van der Waals surface area contributed by atoms with Crippen molar-refractivity contribution in [2.75, 3.05) is 18.4 Å².